The zero-order chi connectivity index (χ0) is 17.6. The normalized spacial score (nSPS) is 17.4. The number of carbonyl (C=O) groups excluding carboxylic acids is 1. The minimum absolute atomic E-state index is 0.0350. The Labute approximate surface area is 151 Å². The maximum atomic E-state index is 12.5. The molecule has 0 aliphatic carbocycles. The predicted octanol–water partition coefficient (Wildman–Crippen LogP) is 2.32. The number of hydrogen-bond acceptors (Lipinski definition) is 7. The van der Waals surface area contributed by atoms with Crippen LogP contribution in [0, 0.1) is 12.8 Å². The molecule has 0 bridgehead atoms. The summed E-state index contributed by atoms with van der Waals surface area (Å²) < 4.78 is 0. The van der Waals surface area contributed by atoms with Gasteiger partial charge in [-0.25, -0.2) is 15.0 Å². The minimum Gasteiger partial charge on any atom is -0.362 e. The number of amides is 1. The van der Waals surface area contributed by atoms with Gasteiger partial charge in [0.1, 0.15) is 4.88 Å². The minimum atomic E-state index is -0.0350. The van der Waals surface area contributed by atoms with Gasteiger partial charge in [0.2, 0.25) is 5.95 Å². The van der Waals surface area contributed by atoms with Gasteiger partial charge in [0.15, 0.2) is 5.13 Å². The van der Waals surface area contributed by atoms with E-state index in [0.29, 0.717) is 17.3 Å². The molecule has 3 heterocycles. The van der Waals surface area contributed by atoms with Crippen molar-refractivity contribution in [3.8, 4) is 0 Å². The summed E-state index contributed by atoms with van der Waals surface area (Å²) in [6.07, 6.45) is 5.72. The Bertz CT molecular complexity index is 704. The van der Waals surface area contributed by atoms with E-state index in [1.54, 1.807) is 12.4 Å². The van der Waals surface area contributed by atoms with Crippen LogP contribution in [0.1, 0.15) is 35.1 Å². The second-order valence-corrected chi connectivity index (χ2v) is 7.18. The van der Waals surface area contributed by atoms with Gasteiger partial charge in [0.05, 0.1) is 5.69 Å². The SMILES string of the molecule is CCNc1nc(C)c(C(=O)NCC2CCCN(c3ncccn3)C2)s1. The van der Waals surface area contributed by atoms with Crippen LogP contribution in [0.4, 0.5) is 11.1 Å². The number of thiazole rings is 1. The molecule has 2 aromatic rings. The molecule has 0 saturated carbocycles. The Balaban J connectivity index is 1.55. The number of rotatable bonds is 6. The molecule has 1 saturated heterocycles. The van der Waals surface area contributed by atoms with E-state index < -0.39 is 0 Å². The van der Waals surface area contributed by atoms with E-state index in [0.717, 1.165) is 49.2 Å². The van der Waals surface area contributed by atoms with Crippen molar-refractivity contribution in [3.05, 3.63) is 29.0 Å². The van der Waals surface area contributed by atoms with Gasteiger partial charge in [-0.05, 0) is 38.7 Å². The van der Waals surface area contributed by atoms with Crippen molar-refractivity contribution >= 4 is 28.3 Å². The summed E-state index contributed by atoms with van der Waals surface area (Å²) in [7, 11) is 0. The summed E-state index contributed by atoms with van der Waals surface area (Å²) in [4.78, 5) is 28.4. The highest BCUT2D eigenvalue weighted by Gasteiger charge is 2.23. The van der Waals surface area contributed by atoms with Crippen LogP contribution in [-0.4, -0.2) is 47.0 Å². The molecule has 1 amide bonds. The van der Waals surface area contributed by atoms with E-state index in [-0.39, 0.29) is 5.91 Å². The van der Waals surface area contributed by atoms with Crippen LogP contribution in [0.15, 0.2) is 18.5 Å². The molecule has 0 radical (unpaired) electrons. The summed E-state index contributed by atoms with van der Waals surface area (Å²) in [5, 5.41) is 7.03. The van der Waals surface area contributed by atoms with Gasteiger partial charge in [-0.3, -0.25) is 4.79 Å². The van der Waals surface area contributed by atoms with Gasteiger partial charge in [-0.2, -0.15) is 0 Å². The molecule has 3 rings (SSSR count). The highest BCUT2D eigenvalue weighted by molar-refractivity contribution is 7.17. The zero-order valence-electron chi connectivity index (χ0n) is 14.7. The molecule has 25 heavy (non-hydrogen) atoms. The Kier molecular flexibility index (Phi) is 5.80. The molecule has 0 aromatic carbocycles. The molecular weight excluding hydrogens is 336 g/mol. The van der Waals surface area contributed by atoms with E-state index in [2.05, 4.69) is 30.5 Å². The molecule has 1 unspecified atom stereocenters. The topological polar surface area (TPSA) is 83.0 Å². The van der Waals surface area contributed by atoms with Crippen molar-refractivity contribution in [2.24, 2.45) is 5.92 Å². The summed E-state index contributed by atoms with van der Waals surface area (Å²) >= 11 is 1.41. The van der Waals surface area contributed by atoms with Gasteiger partial charge in [-0.15, -0.1) is 0 Å². The van der Waals surface area contributed by atoms with E-state index in [4.69, 9.17) is 0 Å². The fraction of sp³-hybridized carbons (Fsp3) is 0.529. The molecule has 2 N–H and O–H groups in total. The summed E-state index contributed by atoms with van der Waals surface area (Å²) in [6.45, 7) is 7.19. The zero-order valence-corrected chi connectivity index (χ0v) is 15.5. The molecule has 1 atom stereocenters. The van der Waals surface area contributed by atoms with Crippen molar-refractivity contribution in [2.75, 3.05) is 36.4 Å². The third-order valence-corrected chi connectivity index (χ3v) is 5.35. The third kappa shape index (κ3) is 4.45. The Morgan fingerprint density at radius 1 is 1.40 bits per heavy atom. The average molecular weight is 360 g/mol. The maximum absolute atomic E-state index is 12.5. The number of aromatic nitrogens is 3. The van der Waals surface area contributed by atoms with Gasteiger partial charge in [0.25, 0.3) is 5.91 Å². The first-order chi connectivity index (χ1) is 12.2. The van der Waals surface area contributed by atoms with Crippen molar-refractivity contribution in [2.45, 2.75) is 26.7 Å². The van der Waals surface area contributed by atoms with Crippen LogP contribution >= 0.6 is 11.3 Å². The number of nitrogens with one attached hydrogen (secondary N) is 2. The largest absolute Gasteiger partial charge is 0.362 e. The second-order valence-electron chi connectivity index (χ2n) is 6.18. The molecule has 134 valence electrons. The lowest BCUT2D eigenvalue weighted by Gasteiger charge is -2.32. The number of carbonyl (C=O) groups is 1. The lowest BCUT2D eigenvalue weighted by atomic mass is 9.98. The quantitative estimate of drug-likeness (QED) is 0.823. The lowest BCUT2D eigenvalue weighted by Crippen LogP contribution is -2.41. The molecule has 1 aliphatic heterocycles. The first-order valence-electron chi connectivity index (χ1n) is 8.68. The van der Waals surface area contributed by atoms with Crippen LogP contribution < -0.4 is 15.5 Å². The molecule has 7 nitrogen and oxygen atoms in total. The van der Waals surface area contributed by atoms with Gasteiger partial charge in [-0.1, -0.05) is 11.3 Å². The Morgan fingerprint density at radius 3 is 2.96 bits per heavy atom. The van der Waals surface area contributed by atoms with Gasteiger partial charge in [0, 0.05) is 38.6 Å². The summed E-state index contributed by atoms with van der Waals surface area (Å²) in [6, 6.07) is 1.82. The highest BCUT2D eigenvalue weighted by atomic mass is 32.1. The van der Waals surface area contributed by atoms with Gasteiger partial charge < -0.3 is 15.5 Å². The third-order valence-electron chi connectivity index (χ3n) is 4.24. The highest BCUT2D eigenvalue weighted by Crippen LogP contribution is 2.23. The van der Waals surface area contributed by atoms with Crippen molar-refractivity contribution in [1.82, 2.24) is 20.3 Å². The molecule has 1 aliphatic rings. The van der Waals surface area contributed by atoms with Crippen LogP contribution in [0.25, 0.3) is 0 Å². The van der Waals surface area contributed by atoms with E-state index in [1.807, 2.05) is 19.9 Å². The van der Waals surface area contributed by atoms with Gasteiger partial charge >= 0.3 is 0 Å². The van der Waals surface area contributed by atoms with Crippen molar-refractivity contribution in [3.63, 3.8) is 0 Å². The van der Waals surface area contributed by atoms with Crippen LogP contribution in [0.5, 0.6) is 0 Å². The molecular formula is C17H24N6OS. The fourth-order valence-corrected chi connectivity index (χ4v) is 3.97. The number of nitrogens with zero attached hydrogens (tertiary/aromatic N) is 4. The van der Waals surface area contributed by atoms with Crippen LogP contribution in [0.3, 0.4) is 0 Å². The summed E-state index contributed by atoms with van der Waals surface area (Å²) in [5.74, 6) is 1.14. The number of piperidine rings is 1. The predicted molar refractivity (Wildman–Crippen MR) is 100 cm³/mol. The average Bonchev–Trinajstić information content (AvgIpc) is 3.01. The van der Waals surface area contributed by atoms with Crippen molar-refractivity contribution in [1.29, 1.82) is 0 Å². The second kappa shape index (κ2) is 8.24. The van der Waals surface area contributed by atoms with E-state index >= 15 is 0 Å². The van der Waals surface area contributed by atoms with Crippen LogP contribution in [0.2, 0.25) is 0 Å². The standard InChI is InChI=1S/C17H24N6OS/c1-3-18-17-22-12(2)14(25-17)15(24)21-10-13-6-4-9-23(11-13)16-19-7-5-8-20-16/h5,7-8,13H,3-4,6,9-11H2,1-2H3,(H,18,22)(H,21,24). The lowest BCUT2D eigenvalue weighted by molar-refractivity contribution is 0.0949. The van der Waals surface area contributed by atoms with E-state index in [1.165, 1.54) is 11.3 Å². The molecule has 0 spiro atoms. The van der Waals surface area contributed by atoms with Crippen molar-refractivity contribution < 1.29 is 4.79 Å². The van der Waals surface area contributed by atoms with Crippen LogP contribution in [-0.2, 0) is 0 Å². The number of aryl methyl sites for hydroxylation is 1. The number of hydrogen-bond donors (Lipinski definition) is 2. The first kappa shape index (κ1) is 17.6. The Hall–Kier alpha value is -2.22. The molecule has 2 aromatic heterocycles. The molecule has 8 heteroatoms. The first-order valence-corrected chi connectivity index (χ1v) is 9.50. The summed E-state index contributed by atoms with van der Waals surface area (Å²) in [5.41, 5.74) is 0.779. The van der Waals surface area contributed by atoms with E-state index in [9.17, 15) is 4.79 Å². The Morgan fingerprint density at radius 2 is 2.20 bits per heavy atom. The molecule has 1 fully saturated rings. The fourth-order valence-electron chi connectivity index (χ4n) is 3.02. The monoisotopic (exact) mass is 360 g/mol. The number of anilines is 2. The maximum Gasteiger partial charge on any atom is 0.263 e. The smallest absolute Gasteiger partial charge is 0.263 e.